The number of hydrogen-bond donors (Lipinski definition) is 1. The van der Waals surface area contributed by atoms with E-state index in [0.29, 0.717) is 22.9 Å². The van der Waals surface area contributed by atoms with E-state index in [1.807, 2.05) is 6.07 Å². The molecule has 0 radical (unpaired) electrons. The van der Waals surface area contributed by atoms with Crippen LogP contribution >= 0.6 is 12.2 Å². The van der Waals surface area contributed by atoms with Gasteiger partial charge in [-0.25, -0.2) is 4.79 Å². The lowest BCUT2D eigenvalue weighted by Gasteiger charge is -2.12. The van der Waals surface area contributed by atoms with Gasteiger partial charge in [0.2, 0.25) is 0 Å². The van der Waals surface area contributed by atoms with E-state index >= 15 is 0 Å². The monoisotopic (exact) mass is 316 g/mol. The van der Waals surface area contributed by atoms with Gasteiger partial charge in [0.1, 0.15) is 10.7 Å². The number of carbonyl (C=O) groups excluding carboxylic acids is 2. The smallest absolute Gasteiger partial charge is 0.356 e. The lowest BCUT2D eigenvalue weighted by Crippen LogP contribution is -2.26. The SMILES string of the molecule is CCOC(=O)c1cccn1NC(=S)CC(=O)c1ccccc1. The summed E-state index contributed by atoms with van der Waals surface area (Å²) in [6.45, 7) is 2.03. The van der Waals surface area contributed by atoms with Crippen LogP contribution in [0.3, 0.4) is 0 Å². The van der Waals surface area contributed by atoms with E-state index in [1.54, 1.807) is 49.5 Å². The highest BCUT2D eigenvalue weighted by Gasteiger charge is 2.14. The minimum Gasteiger partial charge on any atom is -0.461 e. The number of rotatable bonds is 6. The summed E-state index contributed by atoms with van der Waals surface area (Å²) in [5.74, 6) is -0.528. The largest absolute Gasteiger partial charge is 0.461 e. The van der Waals surface area contributed by atoms with E-state index in [-0.39, 0.29) is 12.2 Å². The molecular weight excluding hydrogens is 300 g/mol. The summed E-state index contributed by atoms with van der Waals surface area (Å²) < 4.78 is 6.41. The van der Waals surface area contributed by atoms with E-state index < -0.39 is 5.97 Å². The van der Waals surface area contributed by atoms with Gasteiger partial charge in [0.05, 0.1) is 13.0 Å². The summed E-state index contributed by atoms with van der Waals surface area (Å²) in [5.41, 5.74) is 3.79. The number of ketones is 1. The Balaban J connectivity index is 2.00. The Morgan fingerprint density at radius 3 is 2.59 bits per heavy atom. The average Bonchev–Trinajstić information content (AvgIpc) is 2.96. The summed E-state index contributed by atoms with van der Waals surface area (Å²) in [6, 6.07) is 12.2. The Morgan fingerprint density at radius 1 is 1.18 bits per heavy atom. The van der Waals surface area contributed by atoms with Gasteiger partial charge in [-0.2, -0.15) is 0 Å². The van der Waals surface area contributed by atoms with Gasteiger partial charge < -0.3 is 4.74 Å². The van der Waals surface area contributed by atoms with Gasteiger partial charge in [-0.3, -0.25) is 14.9 Å². The summed E-state index contributed by atoms with van der Waals surface area (Å²) in [4.78, 5) is 24.2. The molecule has 2 rings (SSSR count). The molecule has 6 heteroatoms. The predicted molar refractivity (Wildman–Crippen MR) is 87.7 cm³/mol. The lowest BCUT2D eigenvalue weighted by molar-refractivity contribution is 0.0516. The standard InChI is InChI=1S/C16H16N2O3S/c1-2-21-16(20)13-9-6-10-18(13)17-15(22)11-14(19)12-7-4-3-5-8-12/h3-10H,2,11H2,1H3,(H,17,22). The third kappa shape index (κ3) is 4.02. The Labute approximate surface area is 133 Å². The highest BCUT2D eigenvalue weighted by molar-refractivity contribution is 7.80. The molecule has 22 heavy (non-hydrogen) atoms. The van der Waals surface area contributed by atoms with Crippen molar-refractivity contribution in [3.05, 3.63) is 59.9 Å². The molecule has 0 bridgehead atoms. The fourth-order valence-corrected chi connectivity index (χ4v) is 2.13. The maximum atomic E-state index is 12.1. The molecule has 0 atom stereocenters. The molecule has 1 aromatic carbocycles. The van der Waals surface area contributed by atoms with Crippen LogP contribution in [0, 0.1) is 0 Å². The van der Waals surface area contributed by atoms with Gasteiger partial charge >= 0.3 is 5.97 Å². The Morgan fingerprint density at radius 2 is 1.91 bits per heavy atom. The Bertz CT molecular complexity index is 680. The van der Waals surface area contributed by atoms with Crippen LogP contribution in [0.1, 0.15) is 34.2 Å². The molecule has 0 aliphatic carbocycles. The molecule has 0 amide bonds. The molecule has 114 valence electrons. The van der Waals surface area contributed by atoms with Crippen molar-refractivity contribution >= 4 is 29.0 Å². The zero-order valence-electron chi connectivity index (χ0n) is 12.1. The van der Waals surface area contributed by atoms with E-state index in [2.05, 4.69) is 5.43 Å². The predicted octanol–water partition coefficient (Wildman–Crippen LogP) is 2.81. The molecular formula is C16H16N2O3S. The van der Waals surface area contributed by atoms with Gasteiger partial charge in [0, 0.05) is 11.8 Å². The van der Waals surface area contributed by atoms with Crippen LogP contribution in [0.25, 0.3) is 0 Å². The zero-order valence-corrected chi connectivity index (χ0v) is 12.9. The average molecular weight is 316 g/mol. The molecule has 0 unspecified atom stereocenters. The highest BCUT2D eigenvalue weighted by Crippen LogP contribution is 2.06. The molecule has 1 heterocycles. The van der Waals surface area contributed by atoms with Crippen molar-refractivity contribution in [3.63, 3.8) is 0 Å². The van der Waals surface area contributed by atoms with Gasteiger partial charge in [0.15, 0.2) is 5.78 Å². The van der Waals surface area contributed by atoms with Crippen LogP contribution in [0.5, 0.6) is 0 Å². The molecule has 0 fully saturated rings. The number of esters is 1. The zero-order chi connectivity index (χ0) is 15.9. The minimum absolute atomic E-state index is 0.0692. The third-order valence-corrected chi connectivity index (χ3v) is 3.13. The molecule has 0 saturated carbocycles. The number of benzene rings is 1. The Hall–Kier alpha value is -2.47. The van der Waals surface area contributed by atoms with Gasteiger partial charge in [-0.1, -0.05) is 42.5 Å². The van der Waals surface area contributed by atoms with Gasteiger partial charge in [0.25, 0.3) is 0 Å². The molecule has 0 aliphatic rings. The number of carbonyl (C=O) groups is 2. The van der Waals surface area contributed by atoms with E-state index in [9.17, 15) is 9.59 Å². The first-order chi connectivity index (χ1) is 10.6. The molecule has 5 nitrogen and oxygen atoms in total. The number of hydrogen-bond acceptors (Lipinski definition) is 4. The second kappa shape index (κ2) is 7.51. The topological polar surface area (TPSA) is 60.3 Å². The molecule has 0 spiro atoms. The quantitative estimate of drug-likeness (QED) is 0.504. The van der Waals surface area contributed by atoms with E-state index in [4.69, 9.17) is 17.0 Å². The summed E-state index contributed by atoms with van der Waals surface area (Å²) in [6.07, 6.45) is 1.71. The third-order valence-electron chi connectivity index (χ3n) is 2.90. The number of nitrogens with one attached hydrogen (secondary N) is 1. The fourth-order valence-electron chi connectivity index (χ4n) is 1.90. The normalized spacial score (nSPS) is 10.0. The van der Waals surface area contributed by atoms with Crippen LogP contribution in [-0.2, 0) is 4.74 Å². The van der Waals surface area contributed by atoms with Gasteiger partial charge in [-0.05, 0) is 19.1 Å². The molecule has 0 aliphatic heterocycles. The number of nitrogens with zero attached hydrogens (tertiary/aromatic N) is 1. The maximum absolute atomic E-state index is 12.1. The van der Waals surface area contributed by atoms with Crippen molar-refractivity contribution in [3.8, 4) is 0 Å². The maximum Gasteiger partial charge on any atom is 0.356 e. The van der Waals surface area contributed by atoms with E-state index in [1.165, 1.54) is 4.68 Å². The van der Waals surface area contributed by atoms with Crippen LogP contribution in [0.4, 0.5) is 0 Å². The second-order valence-electron chi connectivity index (χ2n) is 4.48. The van der Waals surface area contributed by atoms with Gasteiger partial charge in [-0.15, -0.1) is 0 Å². The van der Waals surface area contributed by atoms with Crippen molar-refractivity contribution in [1.82, 2.24) is 4.68 Å². The summed E-state index contributed by atoms with van der Waals surface area (Å²) in [5, 5.41) is 0. The summed E-state index contributed by atoms with van der Waals surface area (Å²) in [7, 11) is 0. The second-order valence-corrected chi connectivity index (χ2v) is 4.98. The van der Waals surface area contributed by atoms with E-state index in [0.717, 1.165) is 0 Å². The van der Waals surface area contributed by atoms with Crippen molar-refractivity contribution < 1.29 is 14.3 Å². The van der Waals surface area contributed by atoms with Crippen LogP contribution in [0.15, 0.2) is 48.7 Å². The summed E-state index contributed by atoms with van der Waals surface area (Å²) >= 11 is 5.18. The molecule has 0 saturated heterocycles. The first-order valence-electron chi connectivity index (χ1n) is 6.84. The number of thiocarbonyl (C=S) groups is 1. The number of ether oxygens (including phenoxy) is 1. The molecule has 2 aromatic rings. The number of aromatic nitrogens is 1. The van der Waals surface area contributed by atoms with Crippen molar-refractivity contribution in [2.45, 2.75) is 13.3 Å². The minimum atomic E-state index is -0.447. The highest BCUT2D eigenvalue weighted by atomic mass is 32.1. The van der Waals surface area contributed by atoms with Crippen molar-refractivity contribution in [1.29, 1.82) is 0 Å². The van der Waals surface area contributed by atoms with Crippen LogP contribution < -0.4 is 5.43 Å². The molecule has 1 N–H and O–H groups in total. The Kier molecular flexibility index (Phi) is 5.43. The molecule has 1 aromatic heterocycles. The van der Waals surface area contributed by atoms with Crippen LogP contribution in [0.2, 0.25) is 0 Å². The van der Waals surface area contributed by atoms with Crippen LogP contribution in [-0.4, -0.2) is 28.0 Å². The fraction of sp³-hybridized carbons (Fsp3) is 0.188. The first kappa shape index (κ1) is 15.9. The number of Topliss-reactive ketones (excluding diaryl/α,β-unsaturated/α-hetero) is 1. The van der Waals surface area contributed by atoms with Crippen molar-refractivity contribution in [2.24, 2.45) is 0 Å². The lowest BCUT2D eigenvalue weighted by atomic mass is 10.1. The first-order valence-corrected chi connectivity index (χ1v) is 7.25. The van der Waals surface area contributed by atoms with Crippen molar-refractivity contribution in [2.75, 3.05) is 12.0 Å².